The van der Waals surface area contributed by atoms with E-state index in [0.29, 0.717) is 17.3 Å². The minimum Gasteiger partial charge on any atom is -0.467 e. The van der Waals surface area contributed by atoms with Gasteiger partial charge in [0, 0.05) is 12.4 Å². The molecule has 0 aliphatic carbocycles. The second kappa shape index (κ2) is 8.83. The fourth-order valence-electron chi connectivity index (χ4n) is 2.85. The summed E-state index contributed by atoms with van der Waals surface area (Å²) in [5, 5.41) is 8.55. The Labute approximate surface area is 171 Å². The van der Waals surface area contributed by atoms with E-state index in [4.69, 9.17) is 4.42 Å². The average Bonchev–Trinajstić information content (AvgIpc) is 3.35. The first-order chi connectivity index (χ1) is 14.2. The summed E-state index contributed by atoms with van der Waals surface area (Å²) < 4.78 is 18.5. The number of thioether (sulfide) groups is 1. The lowest BCUT2D eigenvalue weighted by molar-refractivity contribution is -0.126. The molecule has 0 saturated carbocycles. The molecule has 0 radical (unpaired) electrons. The van der Waals surface area contributed by atoms with Gasteiger partial charge in [0.1, 0.15) is 11.6 Å². The second-order valence-corrected chi connectivity index (χ2v) is 7.52. The zero-order chi connectivity index (χ0) is 20.1. The molecule has 3 aromatic rings. The van der Waals surface area contributed by atoms with E-state index in [2.05, 4.69) is 15.2 Å². The summed E-state index contributed by atoms with van der Waals surface area (Å²) in [4.78, 5) is 18.5. The van der Waals surface area contributed by atoms with Gasteiger partial charge < -0.3 is 4.42 Å². The molecule has 29 heavy (non-hydrogen) atoms. The number of nitrogens with zero attached hydrogens (tertiary/aromatic N) is 4. The Bertz CT molecular complexity index is 1020. The number of aromatic nitrogens is 1. The smallest absolute Gasteiger partial charge is 0.242 e. The van der Waals surface area contributed by atoms with Crippen LogP contribution >= 0.6 is 11.8 Å². The standard InChI is InChI=1S/C21H17FN4O2S/c22-17-5-3-15(4-6-17)12-19-20(27)26(14-18-2-1-11-28-18)21(29-19)25-24-13-16-7-9-23-10-8-16/h1-11,13,19H,12,14H2/b24-13-,25-21-/t19-/m1/s1. The maximum Gasteiger partial charge on any atom is 0.242 e. The maximum atomic E-state index is 13.2. The quantitative estimate of drug-likeness (QED) is 0.458. The van der Waals surface area contributed by atoms with Crippen LogP contribution in [0.5, 0.6) is 0 Å². The molecule has 1 amide bonds. The van der Waals surface area contributed by atoms with E-state index in [1.165, 1.54) is 23.9 Å². The number of carbonyl (C=O) groups is 1. The van der Waals surface area contributed by atoms with Crippen molar-refractivity contribution >= 4 is 29.1 Å². The molecule has 1 aliphatic rings. The van der Waals surface area contributed by atoms with Crippen molar-refractivity contribution in [1.82, 2.24) is 9.88 Å². The Morgan fingerprint density at radius 3 is 2.69 bits per heavy atom. The molecule has 8 heteroatoms. The molecule has 1 saturated heterocycles. The van der Waals surface area contributed by atoms with E-state index < -0.39 is 0 Å². The molecule has 4 rings (SSSR count). The third kappa shape index (κ3) is 4.78. The van der Waals surface area contributed by atoms with Crippen molar-refractivity contribution < 1.29 is 13.6 Å². The largest absolute Gasteiger partial charge is 0.467 e. The molecule has 1 atom stereocenters. The van der Waals surface area contributed by atoms with Gasteiger partial charge in [0.25, 0.3) is 0 Å². The second-order valence-electron chi connectivity index (χ2n) is 6.35. The maximum absolute atomic E-state index is 13.2. The van der Waals surface area contributed by atoms with Crippen LogP contribution in [0.3, 0.4) is 0 Å². The number of hydrogen-bond donors (Lipinski definition) is 0. The van der Waals surface area contributed by atoms with Gasteiger partial charge in [-0.05, 0) is 53.9 Å². The zero-order valence-electron chi connectivity index (χ0n) is 15.3. The third-order valence-electron chi connectivity index (χ3n) is 4.30. The van der Waals surface area contributed by atoms with Gasteiger partial charge in [0.2, 0.25) is 5.91 Å². The summed E-state index contributed by atoms with van der Waals surface area (Å²) in [5.41, 5.74) is 1.75. The Hall–Kier alpha value is -3.26. The predicted octanol–water partition coefficient (Wildman–Crippen LogP) is 3.89. The van der Waals surface area contributed by atoms with Gasteiger partial charge in [-0.25, -0.2) is 4.39 Å². The van der Waals surface area contributed by atoms with Gasteiger partial charge in [-0.15, -0.1) is 5.10 Å². The topological polar surface area (TPSA) is 71.1 Å². The first-order valence-corrected chi connectivity index (χ1v) is 9.83. The van der Waals surface area contributed by atoms with Crippen molar-refractivity contribution in [1.29, 1.82) is 0 Å². The Kier molecular flexibility index (Phi) is 5.81. The first kappa shape index (κ1) is 19.1. The van der Waals surface area contributed by atoms with Crippen molar-refractivity contribution in [2.24, 2.45) is 10.2 Å². The van der Waals surface area contributed by atoms with Gasteiger partial charge in [0.15, 0.2) is 5.17 Å². The highest BCUT2D eigenvalue weighted by atomic mass is 32.2. The van der Waals surface area contributed by atoms with Gasteiger partial charge in [0.05, 0.1) is 24.3 Å². The van der Waals surface area contributed by atoms with Crippen molar-refractivity contribution in [3.8, 4) is 0 Å². The number of amides is 1. The molecular formula is C21H17FN4O2S. The SMILES string of the molecule is O=C1[C@@H](Cc2ccc(F)cc2)S/C(=N\N=C/c2ccncc2)N1Cc1ccco1. The molecular weight excluding hydrogens is 391 g/mol. The summed E-state index contributed by atoms with van der Waals surface area (Å²) >= 11 is 1.35. The van der Waals surface area contributed by atoms with Gasteiger partial charge in [-0.1, -0.05) is 23.9 Å². The predicted molar refractivity (Wildman–Crippen MR) is 110 cm³/mol. The van der Waals surface area contributed by atoms with Crippen LogP contribution in [0.25, 0.3) is 0 Å². The zero-order valence-corrected chi connectivity index (χ0v) is 16.1. The fourth-order valence-corrected chi connectivity index (χ4v) is 3.98. The van der Waals surface area contributed by atoms with Crippen LogP contribution in [-0.2, 0) is 17.8 Å². The number of pyridine rings is 1. The molecule has 0 bridgehead atoms. The van der Waals surface area contributed by atoms with Crippen LogP contribution in [0.15, 0.2) is 81.8 Å². The van der Waals surface area contributed by atoms with Crippen LogP contribution in [0.4, 0.5) is 4.39 Å². The molecule has 2 aromatic heterocycles. The number of amidine groups is 1. The number of benzene rings is 1. The molecule has 1 aromatic carbocycles. The molecule has 0 spiro atoms. The molecule has 0 N–H and O–H groups in total. The minimum absolute atomic E-state index is 0.0754. The summed E-state index contributed by atoms with van der Waals surface area (Å²) in [7, 11) is 0. The van der Waals surface area contributed by atoms with Crippen molar-refractivity contribution in [2.75, 3.05) is 0 Å². The van der Waals surface area contributed by atoms with Crippen molar-refractivity contribution in [3.63, 3.8) is 0 Å². The van der Waals surface area contributed by atoms with Crippen molar-refractivity contribution in [3.05, 3.63) is 89.9 Å². The van der Waals surface area contributed by atoms with Gasteiger partial charge in [-0.2, -0.15) is 5.10 Å². The van der Waals surface area contributed by atoms with Crippen LogP contribution in [0, 0.1) is 5.82 Å². The molecule has 146 valence electrons. The van der Waals surface area contributed by atoms with Gasteiger partial charge in [-0.3, -0.25) is 14.7 Å². The minimum atomic E-state index is -0.356. The number of carbonyl (C=O) groups excluding carboxylic acids is 1. The summed E-state index contributed by atoms with van der Waals surface area (Å²) in [5.74, 6) is 0.284. The summed E-state index contributed by atoms with van der Waals surface area (Å²) in [6.07, 6.45) is 7.00. The van der Waals surface area contributed by atoms with E-state index in [9.17, 15) is 9.18 Å². The van der Waals surface area contributed by atoms with Crippen LogP contribution < -0.4 is 0 Å². The normalized spacial score (nSPS) is 18.2. The summed E-state index contributed by atoms with van der Waals surface area (Å²) in [6, 6.07) is 13.4. The Morgan fingerprint density at radius 2 is 1.97 bits per heavy atom. The van der Waals surface area contributed by atoms with Crippen molar-refractivity contribution in [2.45, 2.75) is 18.2 Å². The van der Waals surface area contributed by atoms with Crippen LogP contribution in [0.2, 0.25) is 0 Å². The lowest BCUT2D eigenvalue weighted by Gasteiger charge is -2.14. The van der Waals surface area contributed by atoms with E-state index >= 15 is 0 Å². The van der Waals surface area contributed by atoms with E-state index in [1.54, 1.807) is 48.0 Å². The average molecular weight is 408 g/mol. The Balaban J connectivity index is 1.54. The lowest BCUT2D eigenvalue weighted by Crippen LogP contribution is -2.32. The van der Waals surface area contributed by atoms with E-state index in [-0.39, 0.29) is 23.5 Å². The first-order valence-electron chi connectivity index (χ1n) is 8.95. The fraction of sp³-hybridized carbons (Fsp3) is 0.143. The third-order valence-corrected chi connectivity index (χ3v) is 5.47. The number of furan rings is 1. The van der Waals surface area contributed by atoms with Gasteiger partial charge >= 0.3 is 0 Å². The Morgan fingerprint density at radius 1 is 1.17 bits per heavy atom. The lowest BCUT2D eigenvalue weighted by atomic mass is 10.1. The highest BCUT2D eigenvalue weighted by molar-refractivity contribution is 8.15. The summed E-state index contributed by atoms with van der Waals surface area (Å²) in [6.45, 7) is 0.280. The highest BCUT2D eigenvalue weighted by Gasteiger charge is 2.38. The number of rotatable bonds is 6. The molecule has 1 aliphatic heterocycles. The number of halogens is 1. The highest BCUT2D eigenvalue weighted by Crippen LogP contribution is 2.31. The van der Waals surface area contributed by atoms with E-state index in [1.807, 2.05) is 18.2 Å². The van der Waals surface area contributed by atoms with E-state index in [0.717, 1.165) is 11.1 Å². The molecule has 6 nitrogen and oxygen atoms in total. The molecule has 3 heterocycles. The van der Waals surface area contributed by atoms with Crippen LogP contribution in [-0.4, -0.2) is 32.4 Å². The monoisotopic (exact) mass is 408 g/mol. The molecule has 1 fully saturated rings. The molecule has 0 unspecified atom stereocenters. The number of hydrogen-bond acceptors (Lipinski definition) is 6. The van der Waals surface area contributed by atoms with Crippen LogP contribution in [0.1, 0.15) is 16.9 Å².